The van der Waals surface area contributed by atoms with E-state index in [1.54, 1.807) is 12.4 Å². The van der Waals surface area contributed by atoms with E-state index in [0.29, 0.717) is 28.9 Å². The molecule has 0 saturated heterocycles. The second-order valence-electron chi connectivity index (χ2n) is 7.62. The summed E-state index contributed by atoms with van der Waals surface area (Å²) in [6.07, 6.45) is 4.22. The highest BCUT2D eigenvalue weighted by Gasteiger charge is 2.30. The molecule has 0 radical (unpaired) electrons. The van der Waals surface area contributed by atoms with Crippen molar-refractivity contribution in [1.29, 1.82) is 0 Å². The highest BCUT2D eigenvalue weighted by atomic mass is 16.6. The topological polar surface area (TPSA) is 113 Å². The Morgan fingerprint density at radius 2 is 1.82 bits per heavy atom. The first-order chi connectivity index (χ1) is 16.1. The molecule has 33 heavy (non-hydrogen) atoms. The number of aromatic amines is 1. The van der Waals surface area contributed by atoms with Gasteiger partial charge in [-0.1, -0.05) is 42.5 Å². The summed E-state index contributed by atoms with van der Waals surface area (Å²) in [4.78, 5) is 31.0. The summed E-state index contributed by atoms with van der Waals surface area (Å²) in [5, 5.41) is 17.5. The molecule has 1 aliphatic heterocycles. The fourth-order valence-electron chi connectivity index (χ4n) is 3.85. The lowest BCUT2D eigenvalue weighted by molar-refractivity contribution is -0.384. The van der Waals surface area contributed by atoms with E-state index in [9.17, 15) is 14.9 Å². The molecule has 5 rings (SSSR count). The Morgan fingerprint density at radius 3 is 2.52 bits per heavy atom. The molecule has 1 amide bonds. The molecule has 0 fully saturated rings. The molecule has 0 saturated carbocycles. The van der Waals surface area contributed by atoms with Crippen molar-refractivity contribution in [3.63, 3.8) is 0 Å². The number of nitro benzene ring substituents is 1. The number of hydrogen-bond donors (Lipinski definition) is 3. The molecule has 0 bridgehead atoms. The zero-order valence-electron chi connectivity index (χ0n) is 17.4. The lowest BCUT2D eigenvalue weighted by Crippen LogP contribution is -2.10. The van der Waals surface area contributed by atoms with Crippen molar-refractivity contribution in [3.05, 3.63) is 118 Å². The van der Waals surface area contributed by atoms with Crippen LogP contribution in [0.5, 0.6) is 0 Å². The Morgan fingerprint density at radius 1 is 1.03 bits per heavy atom. The number of nitrogens with zero attached hydrogens (tertiary/aromatic N) is 2. The van der Waals surface area contributed by atoms with Crippen LogP contribution in [0.3, 0.4) is 0 Å². The van der Waals surface area contributed by atoms with Gasteiger partial charge in [0.05, 0.1) is 28.2 Å². The highest BCUT2D eigenvalue weighted by Crippen LogP contribution is 2.39. The Bertz CT molecular complexity index is 1360. The zero-order valence-corrected chi connectivity index (χ0v) is 17.4. The number of H-pyrrole nitrogens is 1. The van der Waals surface area contributed by atoms with Crippen molar-refractivity contribution in [3.8, 4) is 0 Å². The van der Waals surface area contributed by atoms with Gasteiger partial charge in [-0.15, -0.1) is 0 Å². The van der Waals surface area contributed by atoms with Crippen LogP contribution in [0.4, 0.5) is 17.1 Å². The molecule has 1 aliphatic rings. The van der Waals surface area contributed by atoms with Gasteiger partial charge in [0.25, 0.3) is 11.6 Å². The molecular formula is C25H19N5O3. The molecular weight excluding hydrogens is 418 g/mol. The lowest BCUT2D eigenvalue weighted by atomic mass is 9.99. The number of imidazole rings is 1. The largest absolute Gasteiger partial charge is 0.354 e. The van der Waals surface area contributed by atoms with Gasteiger partial charge in [0.2, 0.25) is 0 Å². The summed E-state index contributed by atoms with van der Waals surface area (Å²) in [6, 6.07) is 21.7. The number of anilines is 2. The van der Waals surface area contributed by atoms with Gasteiger partial charge < -0.3 is 15.6 Å². The molecule has 162 valence electrons. The molecule has 3 aromatic carbocycles. The molecule has 8 nitrogen and oxygen atoms in total. The van der Waals surface area contributed by atoms with Gasteiger partial charge >= 0.3 is 0 Å². The summed E-state index contributed by atoms with van der Waals surface area (Å²) in [7, 11) is 0. The van der Waals surface area contributed by atoms with Crippen molar-refractivity contribution < 1.29 is 9.72 Å². The fraction of sp³-hybridized carbons (Fsp3) is 0.0400. The van der Waals surface area contributed by atoms with Crippen molar-refractivity contribution >= 4 is 34.2 Å². The first-order valence-electron chi connectivity index (χ1n) is 10.3. The summed E-state index contributed by atoms with van der Waals surface area (Å²) >= 11 is 0. The minimum absolute atomic E-state index is 0.0714. The van der Waals surface area contributed by atoms with Gasteiger partial charge in [0.15, 0.2) is 0 Å². The number of rotatable bonds is 6. The second-order valence-corrected chi connectivity index (χ2v) is 7.62. The van der Waals surface area contributed by atoms with Crippen LogP contribution in [-0.4, -0.2) is 20.8 Å². The smallest absolute Gasteiger partial charge is 0.270 e. The number of non-ortho nitro benzene ring substituents is 1. The number of amides is 1. The summed E-state index contributed by atoms with van der Waals surface area (Å²) in [6.45, 7) is 0. The standard InChI is InChI=1S/C25H19N5O3/c31-25-23(21-13-20(30(32)33)10-11-22(21)29-25)24(17-4-2-1-3-5-17)28-18-8-6-16(7-9-18)12-19-14-26-15-27-19/h1-11,13-15,28H,12H2,(H,26,27)(H,29,31). The number of nitrogens with one attached hydrogen (secondary N) is 3. The summed E-state index contributed by atoms with van der Waals surface area (Å²) in [5.74, 6) is -0.313. The zero-order chi connectivity index (χ0) is 22.8. The van der Waals surface area contributed by atoms with Gasteiger partial charge in [0, 0.05) is 41.7 Å². The summed E-state index contributed by atoms with van der Waals surface area (Å²) < 4.78 is 0. The van der Waals surface area contributed by atoms with Crippen LogP contribution in [0, 0.1) is 10.1 Å². The van der Waals surface area contributed by atoms with E-state index in [1.165, 1.54) is 12.1 Å². The second kappa shape index (κ2) is 8.43. The Labute approximate surface area is 189 Å². The van der Waals surface area contributed by atoms with Crippen LogP contribution in [0.25, 0.3) is 11.3 Å². The number of aromatic nitrogens is 2. The molecule has 0 spiro atoms. The van der Waals surface area contributed by atoms with Crippen LogP contribution >= 0.6 is 0 Å². The van der Waals surface area contributed by atoms with Gasteiger partial charge in [-0.3, -0.25) is 14.9 Å². The Hall–Kier alpha value is -4.72. The molecule has 0 atom stereocenters. The molecule has 4 aromatic rings. The van der Waals surface area contributed by atoms with E-state index in [-0.39, 0.29) is 11.6 Å². The summed E-state index contributed by atoms with van der Waals surface area (Å²) in [5.41, 5.74) is 5.54. The van der Waals surface area contributed by atoms with Crippen LogP contribution in [-0.2, 0) is 11.2 Å². The van der Waals surface area contributed by atoms with Crippen LogP contribution in [0.15, 0.2) is 85.3 Å². The van der Waals surface area contributed by atoms with Crippen molar-refractivity contribution in [2.24, 2.45) is 0 Å². The van der Waals surface area contributed by atoms with Crippen LogP contribution in [0.1, 0.15) is 22.4 Å². The third kappa shape index (κ3) is 4.09. The van der Waals surface area contributed by atoms with Gasteiger partial charge in [-0.25, -0.2) is 4.98 Å². The molecule has 0 unspecified atom stereocenters. The monoisotopic (exact) mass is 437 g/mol. The number of nitro groups is 1. The number of carbonyl (C=O) groups excluding carboxylic acids is 1. The quantitative estimate of drug-likeness (QED) is 0.227. The Kier molecular flexibility index (Phi) is 5.16. The van der Waals surface area contributed by atoms with Crippen molar-refractivity contribution in [2.45, 2.75) is 6.42 Å². The predicted molar refractivity (Wildman–Crippen MR) is 126 cm³/mol. The normalized spacial score (nSPS) is 13.9. The predicted octanol–water partition coefficient (Wildman–Crippen LogP) is 4.84. The number of fused-ring (bicyclic) bond motifs is 1. The van der Waals surface area contributed by atoms with E-state index in [1.807, 2.05) is 60.8 Å². The molecule has 3 N–H and O–H groups in total. The van der Waals surface area contributed by atoms with E-state index in [0.717, 1.165) is 22.5 Å². The minimum atomic E-state index is -0.464. The fourth-order valence-corrected chi connectivity index (χ4v) is 3.85. The van der Waals surface area contributed by atoms with Crippen molar-refractivity contribution in [2.75, 3.05) is 10.6 Å². The number of benzene rings is 3. The third-order valence-corrected chi connectivity index (χ3v) is 5.43. The van der Waals surface area contributed by atoms with E-state index >= 15 is 0 Å². The third-order valence-electron chi connectivity index (χ3n) is 5.43. The van der Waals surface area contributed by atoms with Gasteiger partial charge in [-0.2, -0.15) is 0 Å². The average molecular weight is 437 g/mol. The molecule has 0 aliphatic carbocycles. The number of hydrogen-bond acceptors (Lipinski definition) is 5. The maximum absolute atomic E-state index is 13.0. The first kappa shape index (κ1) is 20.2. The van der Waals surface area contributed by atoms with Crippen molar-refractivity contribution in [1.82, 2.24) is 9.97 Å². The average Bonchev–Trinajstić information content (AvgIpc) is 3.45. The molecule has 8 heteroatoms. The van der Waals surface area contributed by atoms with E-state index in [2.05, 4.69) is 20.6 Å². The highest BCUT2D eigenvalue weighted by molar-refractivity contribution is 6.37. The lowest BCUT2D eigenvalue weighted by Gasteiger charge is -2.15. The van der Waals surface area contributed by atoms with Crippen LogP contribution in [0.2, 0.25) is 0 Å². The van der Waals surface area contributed by atoms with Crippen LogP contribution < -0.4 is 10.6 Å². The maximum Gasteiger partial charge on any atom is 0.270 e. The number of carbonyl (C=O) groups is 1. The van der Waals surface area contributed by atoms with Gasteiger partial charge in [0.1, 0.15) is 0 Å². The van der Waals surface area contributed by atoms with Gasteiger partial charge in [-0.05, 0) is 29.3 Å². The maximum atomic E-state index is 13.0. The SMILES string of the molecule is O=C1Nc2ccc([N+](=O)[O-])cc2C1=C(Nc1ccc(Cc2c[nH]cn2)cc1)c1ccccc1. The minimum Gasteiger partial charge on any atom is -0.354 e. The molecule has 1 aromatic heterocycles. The molecule has 2 heterocycles. The Balaban J connectivity index is 1.56. The van der Waals surface area contributed by atoms with E-state index in [4.69, 9.17) is 0 Å². The first-order valence-corrected chi connectivity index (χ1v) is 10.3. The van der Waals surface area contributed by atoms with E-state index < -0.39 is 4.92 Å².